The van der Waals surface area contributed by atoms with Crippen molar-refractivity contribution in [2.75, 3.05) is 26.2 Å². The molecule has 0 saturated carbocycles. The molecule has 1 saturated heterocycles. The van der Waals surface area contributed by atoms with E-state index in [4.69, 9.17) is 4.52 Å². The van der Waals surface area contributed by atoms with Crippen LogP contribution < -0.4 is 5.32 Å². The van der Waals surface area contributed by atoms with Crippen molar-refractivity contribution < 1.29 is 4.52 Å². The van der Waals surface area contributed by atoms with Gasteiger partial charge in [-0.2, -0.15) is 4.98 Å². The van der Waals surface area contributed by atoms with E-state index in [9.17, 15) is 0 Å². The molecule has 21 heavy (non-hydrogen) atoms. The Bertz CT molecular complexity index is 564. The summed E-state index contributed by atoms with van der Waals surface area (Å²) in [5, 5.41) is 7.48. The zero-order valence-electron chi connectivity index (χ0n) is 12.2. The van der Waals surface area contributed by atoms with Gasteiger partial charge in [0, 0.05) is 18.7 Å². The third kappa shape index (κ3) is 4.27. The summed E-state index contributed by atoms with van der Waals surface area (Å²) in [6, 6.07) is 8.16. The summed E-state index contributed by atoms with van der Waals surface area (Å²) in [6.45, 7) is 7.03. The summed E-state index contributed by atoms with van der Waals surface area (Å²) in [5.41, 5.74) is 2.21. The Morgan fingerprint density at radius 1 is 1.29 bits per heavy atom. The molecule has 114 valence electrons. The molecule has 3 rings (SSSR count). The highest BCUT2D eigenvalue weighted by atomic mass is 35.5. The van der Waals surface area contributed by atoms with E-state index in [-0.39, 0.29) is 12.4 Å². The molecule has 2 aromatic rings. The fraction of sp³-hybridized carbons (Fsp3) is 0.467. The van der Waals surface area contributed by atoms with Crippen molar-refractivity contribution >= 4 is 12.4 Å². The third-order valence-corrected chi connectivity index (χ3v) is 3.54. The Morgan fingerprint density at radius 2 is 2.19 bits per heavy atom. The van der Waals surface area contributed by atoms with Gasteiger partial charge in [-0.25, -0.2) is 0 Å². The van der Waals surface area contributed by atoms with Gasteiger partial charge in [0.05, 0.1) is 6.54 Å². The minimum atomic E-state index is 0. The largest absolute Gasteiger partial charge is 0.338 e. The molecule has 0 radical (unpaired) electrons. The van der Waals surface area contributed by atoms with E-state index < -0.39 is 0 Å². The third-order valence-electron chi connectivity index (χ3n) is 3.54. The molecular formula is C15H21ClN4O. The maximum atomic E-state index is 5.38. The second-order valence-electron chi connectivity index (χ2n) is 5.26. The quantitative estimate of drug-likeness (QED) is 0.942. The van der Waals surface area contributed by atoms with Crippen LogP contribution in [0.15, 0.2) is 28.8 Å². The van der Waals surface area contributed by atoms with Crippen molar-refractivity contribution in [3.63, 3.8) is 0 Å². The fourth-order valence-electron chi connectivity index (χ4n) is 2.47. The Balaban J connectivity index is 0.00000161. The number of aryl methyl sites for hydroxylation is 1. The Labute approximate surface area is 131 Å². The van der Waals surface area contributed by atoms with Crippen molar-refractivity contribution in [1.29, 1.82) is 0 Å². The van der Waals surface area contributed by atoms with E-state index in [1.165, 1.54) is 12.0 Å². The number of nitrogens with one attached hydrogen (secondary N) is 1. The molecule has 1 aliphatic heterocycles. The van der Waals surface area contributed by atoms with Crippen LogP contribution in [-0.4, -0.2) is 41.2 Å². The molecule has 0 aliphatic carbocycles. The first-order chi connectivity index (χ1) is 9.81. The van der Waals surface area contributed by atoms with E-state index in [0.29, 0.717) is 11.7 Å². The SMILES string of the molecule is Cc1cccc(-c2noc(CN3CCCNCC3)n2)c1.Cl. The highest BCUT2D eigenvalue weighted by molar-refractivity contribution is 5.85. The van der Waals surface area contributed by atoms with E-state index in [0.717, 1.165) is 38.3 Å². The number of benzene rings is 1. The van der Waals surface area contributed by atoms with Crippen molar-refractivity contribution in [1.82, 2.24) is 20.4 Å². The monoisotopic (exact) mass is 308 g/mol. The first-order valence-corrected chi connectivity index (χ1v) is 7.14. The van der Waals surface area contributed by atoms with Crippen LogP contribution in [0.25, 0.3) is 11.4 Å². The second kappa shape index (κ2) is 7.54. The first kappa shape index (κ1) is 15.9. The number of hydrogen-bond donors (Lipinski definition) is 1. The van der Waals surface area contributed by atoms with E-state index in [1.807, 2.05) is 12.1 Å². The molecule has 0 spiro atoms. The molecule has 0 amide bonds. The van der Waals surface area contributed by atoms with Crippen LogP contribution in [0, 0.1) is 6.92 Å². The molecule has 5 nitrogen and oxygen atoms in total. The fourth-order valence-corrected chi connectivity index (χ4v) is 2.47. The predicted octanol–water partition coefficient (Wildman–Crippen LogP) is 2.26. The number of halogens is 1. The Hall–Kier alpha value is -1.43. The van der Waals surface area contributed by atoms with Gasteiger partial charge in [0.2, 0.25) is 11.7 Å². The van der Waals surface area contributed by atoms with Crippen molar-refractivity contribution in [3.8, 4) is 11.4 Å². The van der Waals surface area contributed by atoms with E-state index in [1.54, 1.807) is 0 Å². The van der Waals surface area contributed by atoms with Gasteiger partial charge in [0.25, 0.3) is 0 Å². The molecule has 0 atom stereocenters. The molecular weight excluding hydrogens is 288 g/mol. The normalized spacial score (nSPS) is 16.2. The lowest BCUT2D eigenvalue weighted by Gasteiger charge is -2.16. The maximum Gasteiger partial charge on any atom is 0.241 e. The summed E-state index contributed by atoms with van der Waals surface area (Å²) >= 11 is 0. The van der Waals surface area contributed by atoms with Crippen LogP contribution in [0.4, 0.5) is 0 Å². The predicted molar refractivity (Wildman–Crippen MR) is 84.5 cm³/mol. The number of aromatic nitrogens is 2. The van der Waals surface area contributed by atoms with Crippen LogP contribution in [0.2, 0.25) is 0 Å². The summed E-state index contributed by atoms with van der Waals surface area (Å²) < 4.78 is 5.38. The summed E-state index contributed by atoms with van der Waals surface area (Å²) in [5.74, 6) is 1.38. The molecule has 1 aliphatic rings. The minimum Gasteiger partial charge on any atom is -0.338 e. The van der Waals surface area contributed by atoms with E-state index >= 15 is 0 Å². The number of rotatable bonds is 3. The van der Waals surface area contributed by atoms with Gasteiger partial charge >= 0.3 is 0 Å². The van der Waals surface area contributed by atoms with Gasteiger partial charge in [-0.15, -0.1) is 12.4 Å². The van der Waals surface area contributed by atoms with Crippen molar-refractivity contribution in [3.05, 3.63) is 35.7 Å². The smallest absolute Gasteiger partial charge is 0.241 e. The summed E-state index contributed by atoms with van der Waals surface area (Å²) in [7, 11) is 0. The van der Waals surface area contributed by atoms with Crippen molar-refractivity contribution in [2.24, 2.45) is 0 Å². The van der Waals surface area contributed by atoms with Gasteiger partial charge in [-0.05, 0) is 32.5 Å². The van der Waals surface area contributed by atoms with Gasteiger partial charge in [0.15, 0.2) is 0 Å². The second-order valence-corrected chi connectivity index (χ2v) is 5.26. The minimum absolute atomic E-state index is 0. The lowest BCUT2D eigenvalue weighted by molar-refractivity contribution is 0.239. The van der Waals surface area contributed by atoms with Crippen LogP contribution in [0.1, 0.15) is 17.9 Å². The number of nitrogens with zero attached hydrogens (tertiary/aromatic N) is 3. The zero-order valence-corrected chi connectivity index (χ0v) is 13.0. The highest BCUT2D eigenvalue weighted by Crippen LogP contribution is 2.17. The maximum absolute atomic E-state index is 5.38. The molecule has 1 fully saturated rings. The number of hydrogen-bond acceptors (Lipinski definition) is 5. The van der Waals surface area contributed by atoms with Gasteiger partial charge in [-0.1, -0.05) is 28.9 Å². The average molecular weight is 309 g/mol. The topological polar surface area (TPSA) is 54.2 Å². The molecule has 6 heteroatoms. The standard InChI is InChI=1S/C15H20N4O.ClH/c1-12-4-2-5-13(10-12)15-17-14(20-18-15)11-19-8-3-6-16-7-9-19;/h2,4-5,10,16H,3,6-9,11H2,1H3;1H. The first-order valence-electron chi connectivity index (χ1n) is 7.14. The summed E-state index contributed by atoms with van der Waals surface area (Å²) in [4.78, 5) is 6.86. The van der Waals surface area contributed by atoms with Gasteiger partial charge < -0.3 is 9.84 Å². The zero-order chi connectivity index (χ0) is 13.8. The van der Waals surface area contributed by atoms with E-state index in [2.05, 4.69) is 39.4 Å². The molecule has 0 bridgehead atoms. The van der Waals surface area contributed by atoms with Crippen LogP contribution >= 0.6 is 12.4 Å². The Morgan fingerprint density at radius 3 is 3.05 bits per heavy atom. The molecule has 1 N–H and O–H groups in total. The Kier molecular flexibility index (Phi) is 5.73. The lowest BCUT2D eigenvalue weighted by atomic mass is 10.1. The van der Waals surface area contributed by atoms with Crippen LogP contribution in [0.3, 0.4) is 0 Å². The highest BCUT2D eigenvalue weighted by Gasteiger charge is 2.14. The van der Waals surface area contributed by atoms with Gasteiger partial charge in [-0.3, -0.25) is 4.90 Å². The molecule has 2 heterocycles. The molecule has 1 aromatic carbocycles. The average Bonchev–Trinajstić information content (AvgIpc) is 2.75. The molecule has 1 aromatic heterocycles. The molecule has 0 unspecified atom stereocenters. The van der Waals surface area contributed by atoms with Crippen LogP contribution in [0.5, 0.6) is 0 Å². The summed E-state index contributed by atoms with van der Waals surface area (Å²) in [6.07, 6.45) is 1.17. The van der Waals surface area contributed by atoms with Crippen LogP contribution in [-0.2, 0) is 6.54 Å². The van der Waals surface area contributed by atoms with Crippen molar-refractivity contribution in [2.45, 2.75) is 19.9 Å². The van der Waals surface area contributed by atoms with Gasteiger partial charge in [0.1, 0.15) is 0 Å². The lowest BCUT2D eigenvalue weighted by Crippen LogP contribution is -2.27.